The van der Waals surface area contributed by atoms with E-state index in [0.29, 0.717) is 11.1 Å². The molecule has 224 valence electrons. The molecule has 2 bridgehead atoms. The van der Waals surface area contributed by atoms with Gasteiger partial charge in [-0.1, -0.05) is 120 Å². The van der Waals surface area contributed by atoms with Gasteiger partial charge in [0.1, 0.15) is 5.82 Å². The number of anilines is 1. The third-order valence-electron chi connectivity index (χ3n) is 10.2. The molecule has 1 aliphatic heterocycles. The molecule has 0 spiro atoms. The van der Waals surface area contributed by atoms with Crippen LogP contribution < -0.4 is 4.90 Å². The maximum Gasteiger partial charge on any atom is 0.239 e. The van der Waals surface area contributed by atoms with Crippen LogP contribution in [-0.2, 0) is 25.2 Å². The topological polar surface area (TPSA) is 54.5 Å². The lowest BCUT2D eigenvalue weighted by Gasteiger charge is -2.39. The van der Waals surface area contributed by atoms with Gasteiger partial charge >= 0.3 is 0 Å². The van der Waals surface area contributed by atoms with Crippen molar-refractivity contribution in [3.63, 3.8) is 0 Å². The molecular weight excluding hydrogens is 573 g/mol. The second-order valence-electron chi connectivity index (χ2n) is 12.6. The number of carbonyl (C=O) groups excluding carboxylic acids is 3. The Bertz CT molecular complexity index is 1940. The van der Waals surface area contributed by atoms with Crippen LogP contribution in [0.3, 0.4) is 0 Å². The van der Waals surface area contributed by atoms with Gasteiger partial charge in [-0.05, 0) is 71.5 Å². The first-order chi connectivity index (χ1) is 22.3. The molecule has 5 heteroatoms. The van der Waals surface area contributed by atoms with Gasteiger partial charge < -0.3 is 0 Å². The van der Waals surface area contributed by atoms with E-state index in [0.717, 1.165) is 33.4 Å². The normalized spacial score (nSPS) is 25.0. The molecule has 0 unspecified atom stereocenters. The number of hydrogen-bond acceptors (Lipinski definition) is 3. The Morgan fingerprint density at radius 1 is 0.522 bits per heavy atom. The van der Waals surface area contributed by atoms with Gasteiger partial charge in [0.2, 0.25) is 11.8 Å². The minimum Gasteiger partial charge on any atom is -0.297 e. The molecule has 0 radical (unpaired) electrons. The zero-order valence-electron chi connectivity index (χ0n) is 25.4. The monoisotopic (exact) mass is 603 g/mol. The van der Waals surface area contributed by atoms with Gasteiger partial charge in [0.05, 0.1) is 28.4 Å². The lowest BCUT2D eigenvalue weighted by molar-refractivity contribution is -0.130. The molecule has 4 nitrogen and oxygen atoms in total. The minimum absolute atomic E-state index is 0.168. The van der Waals surface area contributed by atoms with Crippen LogP contribution in [0.4, 0.5) is 10.1 Å². The van der Waals surface area contributed by atoms with Crippen LogP contribution in [-0.4, -0.2) is 17.6 Å². The first-order valence-corrected chi connectivity index (χ1v) is 15.5. The molecule has 2 aliphatic carbocycles. The molecule has 1 heterocycles. The van der Waals surface area contributed by atoms with Gasteiger partial charge in [-0.15, -0.1) is 0 Å². The summed E-state index contributed by atoms with van der Waals surface area (Å²) < 4.78 is 14.0. The highest BCUT2D eigenvalue weighted by Crippen LogP contribution is 2.74. The van der Waals surface area contributed by atoms with E-state index in [-0.39, 0.29) is 11.5 Å². The van der Waals surface area contributed by atoms with Crippen LogP contribution in [0.2, 0.25) is 0 Å². The molecule has 3 aliphatic rings. The fourth-order valence-electron chi connectivity index (χ4n) is 8.41. The molecule has 0 aromatic heterocycles. The number of allylic oxidation sites excluding steroid dienone is 2. The Balaban J connectivity index is 1.55. The number of fused-ring (bicyclic) bond motifs is 5. The third kappa shape index (κ3) is 3.51. The molecule has 5 aromatic rings. The smallest absolute Gasteiger partial charge is 0.239 e. The molecule has 4 atom stereocenters. The molecule has 8 rings (SSSR count). The van der Waals surface area contributed by atoms with Crippen LogP contribution in [0.25, 0.3) is 11.1 Å². The maximum absolute atomic E-state index is 15.9. The summed E-state index contributed by atoms with van der Waals surface area (Å²) in [4.78, 5) is 46.9. The maximum atomic E-state index is 15.9. The van der Waals surface area contributed by atoms with Crippen molar-refractivity contribution in [2.75, 3.05) is 4.90 Å². The fourth-order valence-corrected chi connectivity index (χ4v) is 8.41. The molecule has 0 N–H and O–H groups in total. The summed E-state index contributed by atoms with van der Waals surface area (Å²) in [7, 11) is 0. The molecule has 2 fully saturated rings. The van der Waals surface area contributed by atoms with Crippen molar-refractivity contribution >= 4 is 34.4 Å². The summed E-state index contributed by atoms with van der Waals surface area (Å²) in [6.45, 7) is 4.03. The first-order valence-electron chi connectivity index (χ1n) is 15.5. The number of amides is 2. The number of imide groups is 1. The quantitative estimate of drug-likeness (QED) is 0.194. The van der Waals surface area contributed by atoms with E-state index < -0.39 is 40.3 Å². The van der Waals surface area contributed by atoms with Crippen molar-refractivity contribution < 1.29 is 18.8 Å². The number of ketones is 1. The Morgan fingerprint density at radius 3 is 1.30 bits per heavy atom. The average molecular weight is 604 g/mol. The van der Waals surface area contributed by atoms with Crippen molar-refractivity contribution in [3.8, 4) is 0 Å². The number of nitrogens with zero attached hydrogens (tertiary/aromatic N) is 1. The zero-order chi connectivity index (χ0) is 31.8. The molecule has 5 aromatic carbocycles. The van der Waals surface area contributed by atoms with Gasteiger partial charge in [0.15, 0.2) is 5.78 Å². The van der Waals surface area contributed by atoms with Crippen molar-refractivity contribution in [3.05, 3.63) is 173 Å². The van der Waals surface area contributed by atoms with E-state index >= 15 is 4.79 Å². The number of halogens is 1. The second-order valence-corrected chi connectivity index (χ2v) is 12.6. The van der Waals surface area contributed by atoms with Gasteiger partial charge in [-0.25, -0.2) is 9.29 Å². The molecule has 46 heavy (non-hydrogen) atoms. The highest BCUT2D eigenvalue weighted by Gasteiger charge is 2.82. The van der Waals surface area contributed by atoms with E-state index in [1.807, 2.05) is 123 Å². The van der Waals surface area contributed by atoms with Crippen molar-refractivity contribution in [1.82, 2.24) is 0 Å². The van der Waals surface area contributed by atoms with Crippen molar-refractivity contribution in [2.45, 2.75) is 24.7 Å². The van der Waals surface area contributed by atoms with Crippen LogP contribution in [0.15, 0.2) is 133 Å². The zero-order valence-corrected chi connectivity index (χ0v) is 25.4. The van der Waals surface area contributed by atoms with Crippen LogP contribution in [0.1, 0.15) is 33.4 Å². The predicted molar refractivity (Wildman–Crippen MR) is 176 cm³/mol. The van der Waals surface area contributed by atoms with Crippen LogP contribution in [0, 0.1) is 31.5 Å². The van der Waals surface area contributed by atoms with E-state index in [4.69, 9.17) is 0 Å². The Kier molecular flexibility index (Phi) is 6.13. The van der Waals surface area contributed by atoms with E-state index in [1.54, 1.807) is 0 Å². The predicted octanol–water partition coefficient (Wildman–Crippen LogP) is 7.63. The average Bonchev–Trinajstić information content (AvgIpc) is 3.59. The summed E-state index contributed by atoms with van der Waals surface area (Å²) in [5, 5.41) is 0. The van der Waals surface area contributed by atoms with Crippen molar-refractivity contribution in [2.24, 2.45) is 11.8 Å². The Hall–Kier alpha value is -5.42. The SMILES string of the molecule is Cc1ccc(C2=C(c3ccc(C)cc3)[C@@]3(c4ccccc4)C(=O)[C@@]2(c2ccccc2)[C@@H]2C(=O)N(c4ccc(F)cc4)C(=O)[C@H]23)cc1. The second kappa shape index (κ2) is 10.0. The number of carbonyl (C=O) groups is 3. The standard InChI is InChI=1S/C41H30FNO3/c1-25-13-17-27(18-14-25)33-34(28-19-15-26(2)16-20-28)41(30-11-7-4-8-12-30)36-35(40(33,39(41)46)29-9-5-3-6-10-29)37(44)43(38(36)45)32-23-21-31(42)22-24-32/h3-24,35-36H,1-2H3/t35-,36-,40+,41+/m0/s1. The molecular formula is C41H30FNO3. The Morgan fingerprint density at radius 2 is 0.913 bits per heavy atom. The number of rotatable bonds is 5. The first kappa shape index (κ1) is 28.1. The highest BCUT2D eigenvalue weighted by atomic mass is 19.1. The summed E-state index contributed by atoms with van der Waals surface area (Å²) in [5.74, 6) is -3.59. The number of hydrogen-bond donors (Lipinski definition) is 0. The molecule has 1 saturated heterocycles. The van der Waals surface area contributed by atoms with Crippen LogP contribution in [0.5, 0.6) is 0 Å². The Labute approximate surface area is 266 Å². The van der Waals surface area contributed by atoms with Gasteiger partial charge in [0, 0.05) is 0 Å². The number of benzene rings is 5. The summed E-state index contributed by atoms with van der Waals surface area (Å²) >= 11 is 0. The fraction of sp³-hybridized carbons (Fsp3) is 0.146. The lowest BCUT2D eigenvalue weighted by atomic mass is 9.59. The van der Waals surface area contributed by atoms with Gasteiger partial charge in [0.25, 0.3) is 0 Å². The van der Waals surface area contributed by atoms with Gasteiger partial charge in [-0.3, -0.25) is 14.4 Å². The summed E-state index contributed by atoms with van der Waals surface area (Å²) in [5.41, 5.74) is 3.98. The van der Waals surface area contributed by atoms with Crippen molar-refractivity contribution in [1.29, 1.82) is 0 Å². The van der Waals surface area contributed by atoms with E-state index in [9.17, 15) is 14.0 Å². The number of aryl methyl sites for hydroxylation is 2. The highest BCUT2D eigenvalue weighted by molar-refractivity contribution is 6.39. The molecule has 2 amide bonds. The minimum atomic E-state index is -1.47. The largest absolute Gasteiger partial charge is 0.297 e. The van der Waals surface area contributed by atoms with Gasteiger partial charge in [-0.2, -0.15) is 0 Å². The summed E-state index contributed by atoms with van der Waals surface area (Å²) in [6.07, 6.45) is 0. The van der Waals surface area contributed by atoms with Crippen LogP contribution >= 0.6 is 0 Å². The van der Waals surface area contributed by atoms with E-state index in [1.165, 1.54) is 29.2 Å². The molecule has 1 saturated carbocycles. The summed E-state index contributed by atoms with van der Waals surface area (Å²) in [6, 6.07) is 40.5. The lowest BCUT2D eigenvalue weighted by Crippen LogP contribution is -2.45. The third-order valence-corrected chi connectivity index (χ3v) is 10.2. The number of Topliss-reactive ketones (excluding diaryl/α,β-unsaturated/α-hetero) is 1. The van der Waals surface area contributed by atoms with E-state index in [2.05, 4.69) is 0 Å².